The predicted octanol–water partition coefficient (Wildman–Crippen LogP) is 5.77. The van der Waals surface area contributed by atoms with E-state index in [0.717, 1.165) is 16.7 Å². The zero-order valence-corrected chi connectivity index (χ0v) is 21.9. The summed E-state index contributed by atoms with van der Waals surface area (Å²) in [6.07, 6.45) is -0.214. The van der Waals surface area contributed by atoms with Gasteiger partial charge in [-0.15, -0.1) is 0 Å². The van der Waals surface area contributed by atoms with Gasteiger partial charge >= 0.3 is 11.9 Å². The fourth-order valence-electron chi connectivity index (χ4n) is 4.04. The standard InChI is InChI=1S/C32H31NO6/c1-23-12-6-7-15-25(23)30(24-13-4-3-5-14-24)37-21-20-33(2)22-38-31(35)27-17-9-11-19-29(27)39-32(36)26-16-8-10-18-28(26)34/h3-19,30,34H,20-22H2,1-2H3. The predicted molar refractivity (Wildman–Crippen MR) is 148 cm³/mol. The van der Waals surface area contributed by atoms with Crippen LogP contribution in [0.1, 0.15) is 43.5 Å². The summed E-state index contributed by atoms with van der Waals surface area (Å²) in [7, 11) is 1.83. The molecular weight excluding hydrogens is 494 g/mol. The summed E-state index contributed by atoms with van der Waals surface area (Å²) in [5.41, 5.74) is 3.42. The number of ether oxygens (including phenoxy) is 3. The number of hydrogen-bond acceptors (Lipinski definition) is 7. The number of para-hydroxylation sites is 2. The van der Waals surface area contributed by atoms with Crippen LogP contribution >= 0.6 is 0 Å². The topological polar surface area (TPSA) is 85.3 Å². The third kappa shape index (κ3) is 7.31. The molecule has 0 radical (unpaired) electrons. The van der Waals surface area contributed by atoms with E-state index in [9.17, 15) is 14.7 Å². The Morgan fingerprint density at radius 3 is 2.18 bits per heavy atom. The third-order valence-corrected chi connectivity index (χ3v) is 6.18. The van der Waals surface area contributed by atoms with Crippen molar-refractivity contribution in [3.63, 3.8) is 0 Å². The summed E-state index contributed by atoms with van der Waals surface area (Å²) in [4.78, 5) is 27.2. The molecular formula is C32H31NO6. The monoisotopic (exact) mass is 525 g/mol. The second-order valence-corrected chi connectivity index (χ2v) is 9.06. The van der Waals surface area contributed by atoms with Gasteiger partial charge in [-0.3, -0.25) is 4.90 Å². The Hall–Kier alpha value is -4.46. The largest absolute Gasteiger partial charge is 0.507 e. The maximum Gasteiger partial charge on any atom is 0.347 e. The van der Waals surface area contributed by atoms with Crippen LogP contribution in [0.4, 0.5) is 0 Å². The van der Waals surface area contributed by atoms with Crippen molar-refractivity contribution in [3.05, 3.63) is 131 Å². The average Bonchev–Trinajstić information content (AvgIpc) is 2.95. The maximum absolute atomic E-state index is 12.8. The van der Waals surface area contributed by atoms with Crippen LogP contribution < -0.4 is 4.74 Å². The molecule has 0 aliphatic heterocycles. The Labute approximate surface area is 228 Å². The van der Waals surface area contributed by atoms with E-state index in [-0.39, 0.29) is 35.5 Å². The van der Waals surface area contributed by atoms with Gasteiger partial charge in [0.25, 0.3) is 0 Å². The first-order chi connectivity index (χ1) is 18.9. The van der Waals surface area contributed by atoms with Crippen LogP contribution in [0.3, 0.4) is 0 Å². The van der Waals surface area contributed by atoms with Gasteiger partial charge in [-0.1, -0.05) is 78.9 Å². The highest BCUT2D eigenvalue weighted by Gasteiger charge is 2.20. The highest BCUT2D eigenvalue weighted by molar-refractivity contribution is 5.97. The molecule has 0 aliphatic carbocycles. The molecule has 1 unspecified atom stereocenters. The van der Waals surface area contributed by atoms with Crippen LogP contribution in [-0.4, -0.2) is 48.9 Å². The van der Waals surface area contributed by atoms with Crippen LogP contribution in [0.2, 0.25) is 0 Å². The summed E-state index contributed by atoms with van der Waals surface area (Å²) in [6, 6.07) is 30.6. The summed E-state index contributed by atoms with van der Waals surface area (Å²) in [5.74, 6) is -1.57. The Morgan fingerprint density at radius 1 is 0.795 bits per heavy atom. The third-order valence-electron chi connectivity index (χ3n) is 6.18. The number of rotatable bonds is 11. The van der Waals surface area contributed by atoms with E-state index in [2.05, 4.69) is 19.1 Å². The zero-order valence-electron chi connectivity index (χ0n) is 21.9. The van der Waals surface area contributed by atoms with Crippen LogP contribution in [0, 0.1) is 6.92 Å². The van der Waals surface area contributed by atoms with Gasteiger partial charge in [0.15, 0.2) is 0 Å². The quantitative estimate of drug-likeness (QED) is 0.151. The molecule has 1 N–H and O–H groups in total. The highest BCUT2D eigenvalue weighted by atomic mass is 16.6. The minimum Gasteiger partial charge on any atom is -0.507 e. The summed E-state index contributed by atoms with van der Waals surface area (Å²) in [6.45, 7) is 3.02. The first-order valence-electron chi connectivity index (χ1n) is 12.6. The molecule has 7 heteroatoms. The molecule has 4 aromatic rings. The van der Waals surface area contributed by atoms with Gasteiger partial charge in [0, 0.05) is 6.54 Å². The summed E-state index contributed by atoms with van der Waals surface area (Å²) < 4.78 is 17.2. The number of nitrogens with zero attached hydrogens (tertiary/aromatic N) is 1. The second-order valence-electron chi connectivity index (χ2n) is 9.06. The summed E-state index contributed by atoms with van der Waals surface area (Å²) >= 11 is 0. The van der Waals surface area contributed by atoms with Crippen molar-refractivity contribution < 1.29 is 28.9 Å². The van der Waals surface area contributed by atoms with Crippen LogP contribution in [-0.2, 0) is 9.47 Å². The maximum atomic E-state index is 12.8. The zero-order chi connectivity index (χ0) is 27.6. The van der Waals surface area contributed by atoms with Crippen molar-refractivity contribution in [2.45, 2.75) is 13.0 Å². The number of likely N-dealkylation sites (N-methyl/N-ethyl adjacent to an activating group) is 1. The van der Waals surface area contributed by atoms with Gasteiger partial charge in [0.05, 0.1) is 6.61 Å². The van der Waals surface area contributed by atoms with Crippen molar-refractivity contribution in [2.24, 2.45) is 0 Å². The van der Waals surface area contributed by atoms with Crippen molar-refractivity contribution in [3.8, 4) is 11.5 Å². The van der Waals surface area contributed by atoms with Crippen LogP contribution in [0.5, 0.6) is 11.5 Å². The molecule has 200 valence electrons. The van der Waals surface area contributed by atoms with Crippen LogP contribution in [0.15, 0.2) is 103 Å². The first kappa shape index (κ1) is 27.6. The number of aryl methyl sites for hydroxylation is 1. The van der Waals surface area contributed by atoms with E-state index in [4.69, 9.17) is 14.2 Å². The van der Waals surface area contributed by atoms with E-state index >= 15 is 0 Å². The molecule has 0 saturated heterocycles. The molecule has 0 saturated carbocycles. The molecule has 0 spiro atoms. The van der Waals surface area contributed by atoms with Gasteiger partial charge in [0.2, 0.25) is 0 Å². The second kappa shape index (κ2) is 13.4. The Morgan fingerprint density at radius 2 is 1.44 bits per heavy atom. The van der Waals surface area contributed by atoms with Gasteiger partial charge in [-0.25, -0.2) is 9.59 Å². The fourth-order valence-corrected chi connectivity index (χ4v) is 4.04. The van der Waals surface area contributed by atoms with E-state index < -0.39 is 11.9 Å². The number of hydrogen-bond donors (Lipinski definition) is 1. The Balaban J connectivity index is 1.33. The van der Waals surface area contributed by atoms with Gasteiger partial charge in [-0.05, 0) is 54.9 Å². The Kier molecular flexibility index (Phi) is 9.45. The number of aromatic hydroxyl groups is 1. The molecule has 4 rings (SSSR count). The highest BCUT2D eigenvalue weighted by Crippen LogP contribution is 2.28. The van der Waals surface area contributed by atoms with E-state index in [1.54, 1.807) is 24.3 Å². The first-order valence-corrected chi connectivity index (χ1v) is 12.6. The smallest absolute Gasteiger partial charge is 0.347 e. The van der Waals surface area contributed by atoms with E-state index in [1.807, 2.05) is 54.4 Å². The van der Waals surface area contributed by atoms with Crippen LogP contribution in [0.25, 0.3) is 0 Å². The molecule has 1 atom stereocenters. The lowest BCUT2D eigenvalue weighted by molar-refractivity contribution is 0.0127. The van der Waals surface area contributed by atoms with Gasteiger partial charge in [0.1, 0.15) is 35.5 Å². The Bertz CT molecular complexity index is 1400. The number of esters is 2. The number of benzene rings is 4. The molecule has 4 aromatic carbocycles. The van der Waals surface area contributed by atoms with Gasteiger partial charge < -0.3 is 19.3 Å². The van der Waals surface area contributed by atoms with Crippen molar-refractivity contribution in [1.82, 2.24) is 4.90 Å². The molecule has 0 aromatic heterocycles. The van der Waals surface area contributed by atoms with E-state index in [1.165, 1.54) is 24.3 Å². The molecule has 0 fully saturated rings. The van der Waals surface area contributed by atoms with Crippen molar-refractivity contribution in [2.75, 3.05) is 26.9 Å². The summed E-state index contributed by atoms with van der Waals surface area (Å²) in [5, 5.41) is 9.92. The molecule has 0 bridgehead atoms. The molecule has 39 heavy (non-hydrogen) atoms. The van der Waals surface area contributed by atoms with Crippen molar-refractivity contribution >= 4 is 11.9 Å². The molecule has 0 amide bonds. The number of phenols is 1. The number of carbonyl (C=O) groups excluding carboxylic acids is 2. The molecule has 0 heterocycles. The fraction of sp³-hybridized carbons (Fsp3) is 0.188. The average molecular weight is 526 g/mol. The SMILES string of the molecule is Cc1ccccc1C(OCCN(C)COC(=O)c1ccccc1OC(=O)c1ccccc1O)c1ccccc1. The lowest BCUT2D eigenvalue weighted by atomic mass is 9.97. The number of phenolic OH excluding ortho intramolecular Hbond substituents is 1. The molecule has 7 nitrogen and oxygen atoms in total. The van der Waals surface area contributed by atoms with Crippen molar-refractivity contribution in [1.29, 1.82) is 0 Å². The lowest BCUT2D eigenvalue weighted by Crippen LogP contribution is -2.28. The van der Waals surface area contributed by atoms with E-state index in [0.29, 0.717) is 13.2 Å². The minimum absolute atomic E-state index is 0.0000860. The van der Waals surface area contributed by atoms with Gasteiger partial charge in [-0.2, -0.15) is 0 Å². The minimum atomic E-state index is -0.774. The normalized spacial score (nSPS) is 11.7. The molecule has 0 aliphatic rings. The number of carbonyl (C=O) groups is 2. The lowest BCUT2D eigenvalue weighted by Gasteiger charge is -2.23.